The number of nitrogens with one attached hydrogen (secondary N) is 2. The van der Waals surface area contributed by atoms with Gasteiger partial charge in [0, 0.05) is 13.0 Å². The molecule has 1 atom stereocenters. The maximum absolute atomic E-state index is 12.1. The van der Waals surface area contributed by atoms with Gasteiger partial charge in [0.1, 0.15) is 11.6 Å². The van der Waals surface area contributed by atoms with Gasteiger partial charge < -0.3 is 20.5 Å². The Balaban J connectivity index is 3.72. The lowest BCUT2D eigenvalue weighted by Gasteiger charge is -2.19. The smallest absolute Gasteiger partial charge is 0.407 e. The number of alkyl carbamates (subject to hydrolysis) is 1. The first-order valence-electron chi connectivity index (χ1n) is 13.6. The van der Waals surface area contributed by atoms with Gasteiger partial charge in [0.2, 0.25) is 5.91 Å². The van der Waals surface area contributed by atoms with Gasteiger partial charge in [0.15, 0.2) is 0 Å². The van der Waals surface area contributed by atoms with Crippen molar-refractivity contribution in [1.29, 1.82) is 0 Å². The molecule has 2 amide bonds. The quantitative estimate of drug-likeness (QED) is 0.157. The van der Waals surface area contributed by atoms with Crippen LogP contribution in [0.2, 0.25) is 0 Å². The number of carbonyl (C=O) groups is 3. The van der Waals surface area contributed by atoms with Crippen LogP contribution in [0.25, 0.3) is 0 Å². The van der Waals surface area contributed by atoms with Crippen molar-refractivity contribution in [2.75, 3.05) is 6.54 Å². The highest BCUT2D eigenvalue weighted by molar-refractivity contribution is 5.83. The van der Waals surface area contributed by atoms with Crippen molar-refractivity contribution in [3.05, 3.63) is 0 Å². The van der Waals surface area contributed by atoms with Crippen LogP contribution in [0.1, 0.15) is 137 Å². The first-order valence-corrected chi connectivity index (χ1v) is 13.6. The van der Waals surface area contributed by atoms with E-state index in [9.17, 15) is 19.5 Å². The van der Waals surface area contributed by atoms with E-state index in [4.69, 9.17) is 4.74 Å². The monoisotopic (exact) mass is 484 g/mol. The molecule has 7 nitrogen and oxygen atoms in total. The summed E-state index contributed by atoms with van der Waals surface area (Å²) in [4.78, 5) is 35.2. The number of carboxylic acids is 1. The van der Waals surface area contributed by atoms with Crippen LogP contribution in [-0.4, -0.2) is 41.3 Å². The van der Waals surface area contributed by atoms with Crippen LogP contribution in [0.5, 0.6) is 0 Å². The molecule has 0 radical (unpaired) electrons. The largest absolute Gasteiger partial charge is 0.480 e. The summed E-state index contributed by atoms with van der Waals surface area (Å²) in [6.07, 6.45) is 17.7. The van der Waals surface area contributed by atoms with Crippen LogP contribution in [0, 0.1) is 0 Å². The molecule has 0 aromatic heterocycles. The van der Waals surface area contributed by atoms with E-state index in [0.29, 0.717) is 32.2 Å². The van der Waals surface area contributed by atoms with E-state index < -0.39 is 23.7 Å². The molecule has 0 aliphatic carbocycles. The zero-order valence-corrected chi connectivity index (χ0v) is 22.4. The lowest BCUT2D eigenvalue weighted by molar-refractivity contribution is -0.142. The molecule has 0 saturated heterocycles. The van der Waals surface area contributed by atoms with E-state index in [1.165, 1.54) is 64.2 Å². The minimum Gasteiger partial charge on any atom is -0.480 e. The van der Waals surface area contributed by atoms with Crippen LogP contribution in [0.4, 0.5) is 4.79 Å². The van der Waals surface area contributed by atoms with E-state index in [2.05, 4.69) is 17.6 Å². The molecule has 0 spiro atoms. The summed E-state index contributed by atoms with van der Waals surface area (Å²) in [6.45, 7) is 8.05. The fourth-order valence-corrected chi connectivity index (χ4v) is 3.81. The molecule has 0 aromatic rings. The Morgan fingerprint density at radius 3 is 1.74 bits per heavy atom. The van der Waals surface area contributed by atoms with Crippen molar-refractivity contribution in [1.82, 2.24) is 10.6 Å². The predicted octanol–water partition coefficient (Wildman–Crippen LogP) is 6.73. The van der Waals surface area contributed by atoms with Crippen molar-refractivity contribution in [3.8, 4) is 0 Å². The summed E-state index contributed by atoms with van der Waals surface area (Å²) in [5, 5.41) is 14.7. The zero-order valence-electron chi connectivity index (χ0n) is 22.4. The van der Waals surface area contributed by atoms with Crippen LogP contribution < -0.4 is 10.6 Å². The van der Waals surface area contributed by atoms with Crippen molar-refractivity contribution < 1.29 is 24.2 Å². The van der Waals surface area contributed by atoms with E-state index in [1.807, 2.05) is 0 Å². The molecule has 3 N–H and O–H groups in total. The number of carbonyl (C=O) groups excluding carboxylic acids is 2. The molecule has 0 aliphatic rings. The average molecular weight is 485 g/mol. The molecule has 0 aliphatic heterocycles. The summed E-state index contributed by atoms with van der Waals surface area (Å²) in [5.41, 5.74) is -0.546. The molecule has 200 valence electrons. The van der Waals surface area contributed by atoms with Crippen molar-refractivity contribution in [3.63, 3.8) is 0 Å². The highest BCUT2D eigenvalue weighted by Crippen LogP contribution is 2.13. The Kier molecular flexibility index (Phi) is 19.5. The minimum atomic E-state index is -1.01. The molecule has 0 rings (SSSR count). The van der Waals surface area contributed by atoms with Crippen molar-refractivity contribution in [2.24, 2.45) is 0 Å². The van der Waals surface area contributed by atoms with Gasteiger partial charge in [-0.3, -0.25) is 4.79 Å². The molecule has 0 bridgehead atoms. The molecule has 34 heavy (non-hydrogen) atoms. The van der Waals surface area contributed by atoms with Crippen LogP contribution in [-0.2, 0) is 14.3 Å². The second kappa shape index (κ2) is 20.6. The van der Waals surface area contributed by atoms with Crippen LogP contribution in [0.3, 0.4) is 0 Å². The van der Waals surface area contributed by atoms with Gasteiger partial charge in [-0.1, -0.05) is 84.0 Å². The summed E-state index contributed by atoms with van der Waals surface area (Å²) in [5.74, 6) is -1.21. The van der Waals surface area contributed by atoms with Gasteiger partial charge in [-0.2, -0.15) is 0 Å². The van der Waals surface area contributed by atoms with Crippen LogP contribution >= 0.6 is 0 Å². The molecular weight excluding hydrogens is 432 g/mol. The lowest BCUT2D eigenvalue weighted by Crippen LogP contribution is -2.40. The van der Waals surface area contributed by atoms with Crippen molar-refractivity contribution in [2.45, 2.75) is 148 Å². The highest BCUT2D eigenvalue weighted by atomic mass is 16.6. The van der Waals surface area contributed by atoms with E-state index in [1.54, 1.807) is 20.8 Å². The molecule has 0 aromatic carbocycles. The van der Waals surface area contributed by atoms with Gasteiger partial charge in [-0.05, 0) is 46.5 Å². The standard InChI is InChI=1S/C27H52N2O5/c1-5-6-7-8-9-10-11-12-13-14-15-16-17-21-24(30)29-23(25(31)32)20-18-19-22-28-26(33)34-27(2,3)4/h23H,5-22H2,1-4H3,(H,28,33)(H,29,30)(H,31,32). The van der Waals surface area contributed by atoms with Gasteiger partial charge in [0.05, 0.1) is 0 Å². The summed E-state index contributed by atoms with van der Waals surface area (Å²) >= 11 is 0. The van der Waals surface area contributed by atoms with E-state index in [0.717, 1.165) is 19.3 Å². The summed E-state index contributed by atoms with van der Waals surface area (Å²) in [7, 11) is 0. The average Bonchev–Trinajstić information content (AvgIpc) is 2.74. The van der Waals surface area contributed by atoms with Gasteiger partial charge in [-0.15, -0.1) is 0 Å². The third kappa shape index (κ3) is 22.0. The Bertz CT molecular complexity index is 546. The van der Waals surface area contributed by atoms with Gasteiger partial charge >= 0.3 is 12.1 Å². The molecule has 0 saturated carbocycles. The Labute approximate surface area is 208 Å². The Morgan fingerprint density at radius 2 is 1.26 bits per heavy atom. The summed E-state index contributed by atoms with van der Waals surface area (Å²) < 4.78 is 5.15. The Hall–Kier alpha value is -1.79. The lowest BCUT2D eigenvalue weighted by atomic mass is 10.0. The topological polar surface area (TPSA) is 105 Å². The molecule has 7 heteroatoms. The number of carboxylic acid groups (broad SMARTS) is 1. The minimum absolute atomic E-state index is 0.192. The molecule has 1 unspecified atom stereocenters. The molecule has 0 fully saturated rings. The normalized spacial score (nSPS) is 12.2. The second-order valence-corrected chi connectivity index (χ2v) is 10.4. The van der Waals surface area contributed by atoms with E-state index in [-0.39, 0.29) is 5.91 Å². The fraction of sp³-hybridized carbons (Fsp3) is 0.889. The number of amides is 2. The summed E-state index contributed by atoms with van der Waals surface area (Å²) in [6, 6.07) is -0.879. The highest BCUT2D eigenvalue weighted by Gasteiger charge is 2.19. The number of aliphatic carboxylic acids is 1. The number of hydrogen-bond acceptors (Lipinski definition) is 4. The third-order valence-corrected chi connectivity index (χ3v) is 5.73. The predicted molar refractivity (Wildman–Crippen MR) is 138 cm³/mol. The van der Waals surface area contributed by atoms with Crippen LogP contribution in [0.15, 0.2) is 0 Å². The number of hydrogen-bond donors (Lipinski definition) is 3. The third-order valence-electron chi connectivity index (χ3n) is 5.73. The SMILES string of the molecule is CCCCCCCCCCCCCCCC(=O)NC(CCCCNC(=O)OC(C)(C)C)C(=O)O. The van der Waals surface area contributed by atoms with Gasteiger partial charge in [0.25, 0.3) is 0 Å². The maximum Gasteiger partial charge on any atom is 0.407 e. The maximum atomic E-state index is 12.1. The number of unbranched alkanes of at least 4 members (excludes halogenated alkanes) is 13. The molecular formula is C27H52N2O5. The Morgan fingerprint density at radius 1 is 0.765 bits per heavy atom. The molecule has 0 heterocycles. The second-order valence-electron chi connectivity index (χ2n) is 10.4. The first kappa shape index (κ1) is 32.2. The van der Waals surface area contributed by atoms with E-state index >= 15 is 0 Å². The van der Waals surface area contributed by atoms with Crippen molar-refractivity contribution >= 4 is 18.0 Å². The number of rotatable bonds is 21. The first-order chi connectivity index (χ1) is 16.2. The zero-order chi connectivity index (χ0) is 25.7. The fourth-order valence-electron chi connectivity index (χ4n) is 3.81. The van der Waals surface area contributed by atoms with Gasteiger partial charge in [-0.25, -0.2) is 9.59 Å². The number of ether oxygens (including phenoxy) is 1.